The van der Waals surface area contributed by atoms with E-state index in [4.69, 9.17) is 11.6 Å². The van der Waals surface area contributed by atoms with Gasteiger partial charge in [-0.2, -0.15) is 0 Å². The molecule has 5 heteroatoms. The molecule has 4 nitrogen and oxygen atoms in total. The minimum absolute atomic E-state index is 0.197. The van der Waals surface area contributed by atoms with Gasteiger partial charge >= 0.3 is 5.97 Å². The molecule has 0 spiro atoms. The van der Waals surface area contributed by atoms with Crippen LogP contribution in [0.4, 0.5) is 0 Å². The number of pyridine rings is 1. The molecule has 1 aliphatic heterocycles. The molecule has 1 N–H and O–H groups in total. The second-order valence-electron chi connectivity index (χ2n) is 5.90. The van der Waals surface area contributed by atoms with Crippen molar-refractivity contribution >= 4 is 17.6 Å². The van der Waals surface area contributed by atoms with Crippen molar-refractivity contribution in [3.05, 3.63) is 64.4 Å². The Hall–Kier alpha value is -1.91. The van der Waals surface area contributed by atoms with Crippen molar-refractivity contribution in [3.63, 3.8) is 0 Å². The summed E-state index contributed by atoms with van der Waals surface area (Å²) in [6, 6.07) is 12.8. The molecule has 0 amide bonds. The second kappa shape index (κ2) is 6.69. The first-order valence-electron chi connectivity index (χ1n) is 7.74. The van der Waals surface area contributed by atoms with E-state index in [2.05, 4.69) is 4.98 Å². The Balaban J connectivity index is 2.08. The molecular weight excluding hydrogens is 312 g/mol. The maximum atomic E-state index is 11.6. The summed E-state index contributed by atoms with van der Waals surface area (Å²) < 4.78 is 0. The van der Waals surface area contributed by atoms with Crippen LogP contribution in [0.5, 0.6) is 0 Å². The fourth-order valence-corrected chi connectivity index (χ4v) is 3.49. The number of carbonyl (C=O) groups is 1. The lowest BCUT2D eigenvalue weighted by atomic mass is 10.00. The highest BCUT2D eigenvalue weighted by Gasteiger charge is 2.37. The lowest BCUT2D eigenvalue weighted by molar-refractivity contribution is -0.142. The number of nitrogens with zero attached hydrogens (tertiary/aromatic N) is 2. The zero-order valence-corrected chi connectivity index (χ0v) is 13.7. The van der Waals surface area contributed by atoms with Gasteiger partial charge in [0.25, 0.3) is 0 Å². The summed E-state index contributed by atoms with van der Waals surface area (Å²) in [5, 5.41) is 10.2. The molecule has 0 bridgehead atoms. The van der Waals surface area contributed by atoms with Gasteiger partial charge in [-0.15, -0.1) is 0 Å². The Labute approximate surface area is 140 Å². The van der Waals surface area contributed by atoms with Gasteiger partial charge in [0.2, 0.25) is 0 Å². The van der Waals surface area contributed by atoms with Gasteiger partial charge in [-0.25, -0.2) is 0 Å². The van der Waals surface area contributed by atoms with E-state index in [9.17, 15) is 9.90 Å². The number of aliphatic carboxylic acids is 1. The van der Waals surface area contributed by atoms with Crippen LogP contribution in [0.2, 0.25) is 5.02 Å². The third-order valence-electron chi connectivity index (χ3n) is 4.27. The topological polar surface area (TPSA) is 53.4 Å². The minimum Gasteiger partial charge on any atom is -0.480 e. The Morgan fingerprint density at radius 3 is 2.83 bits per heavy atom. The molecular formula is C18H19ClN2O2. The monoisotopic (exact) mass is 330 g/mol. The fraction of sp³-hybridized carbons (Fsp3) is 0.333. The smallest absolute Gasteiger partial charge is 0.320 e. The maximum absolute atomic E-state index is 11.6. The number of carboxylic acids is 1. The predicted octanol–water partition coefficient (Wildman–Crippen LogP) is 3.68. The molecule has 0 aliphatic carbocycles. The first-order chi connectivity index (χ1) is 11.1. The van der Waals surface area contributed by atoms with E-state index in [-0.39, 0.29) is 6.04 Å². The average Bonchev–Trinajstić information content (AvgIpc) is 2.97. The first-order valence-corrected chi connectivity index (χ1v) is 8.11. The van der Waals surface area contributed by atoms with Crippen molar-refractivity contribution in [1.29, 1.82) is 0 Å². The number of benzene rings is 1. The quantitative estimate of drug-likeness (QED) is 0.929. The zero-order valence-electron chi connectivity index (χ0n) is 12.9. The van der Waals surface area contributed by atoms with Crippen LogP contribution in [0.1, 0.15) is 35.8 Å². The van der Waals surface area contributed by atoms with E-state index in [1.807, 2.05) is 54.3 Å². The fourth-order valence-electron chi connectivity index (χ4n) is 3.29. The van der Waals surface area contributed by atoms with Gasteiger partial charge in [0.15, 0.2) is 0 Å². The minimum atomic E-state index is -0.776. The van der Waals surface area contributed by atoms with Crippen LogP contribution in [0.25, 0.3) is 0 Å². The molecule has 3 rings (SSSR count). The molecule has 23 heavy (non-hydrogen) atoms. The van der Waals surface area contributed by atoms with Crippen molar-refractivity contribution in [2.24, 2.45) is 0 Å². The van der Waals surface area contributed by atoms with Gasteiger partial charge in [-0.3, -0.25) is 14.7 Å². The van der Waals surface area contributed by atoms with Gasteiger partial charge in [0.05, 0.1) is 11.7 Å². The lowest BCUT2D eigenvalue weighted by Gasteiger charge is -2.31. The van der Waals surface area contributed by atoms with E-state index in [0.717, 1.165) is 29.9 Å². The summed E-state index contributed by atoms with van der Waals surface area (Å²) >= 11 is 6.16. The molecule has 120 valence electrons. The molecule has 2 atom stereocenters. The maximum Gasteiger partial charge on any atom is 0.320 e. The third-order valence-corrected chi connectivity index (χ3v) is 4.50. The van der Waals surface area contributed by atoms with Crippen LogP contribution in [0, 0.1) is 6.92 Å². The molecule has 0 saturated carbocycles. The molecule has 1 aliphatic rings. The average molecular weight is 331 g/mol. The normalized spacial score (nSPS) is 19.7. The molecule has 1 saturated heterocycles. The van der Waals surface area contributed by atoms with Gasteiger partial charge < -0.3 is 5.11 Å². The van der Waals surface area contributed by atoms with Gasteiger partial charge in [0, 0.05) is 17.3 Å². The zero-order chi connectivity index (χ0) is 16.4. The predicted molar refractivity (Wildman–Crippen MR) is 89.6 cm³/mol. The Bertz CT molecular complexity index is 674. The van der Waals surface area contributed by atoms with Gasteiger partial charge in [-0.05, 0) is 49.6 Å². The van der Waals surface area contributed by atoms with E-state index in [1.54, 1.807) is 0 Å². The highest BCUT2D eigenvalue weighted by molar-refractivity contribution is 6.30. The van der Waals surface area contributed by atoms with Gasteiger partial charge in [-0.1, -0.05) is 29.8 Å². The summed E-state index contributed by atoms with van der Waals surface area (Å²) in [6.07, 6.45) is 1.54. The van der Waals surface area contributed by atoms with Crippen molar-refractivity contribution in [1.82, 2.24) is 9.88 Å². The summed E-state index contributed by atoms with van der Waals surface area (Å²) in [5.41, 5.74) is 2.75. The van der Waals surface area contributed by atoms with Crippen molar-refractivity contribution in [2.45, 2.75) is 31.8 Å². The molecule has 2 heterocycles. The number of carboxylic acid groups (broad SMARTS) is 1. The largest absolute Gasteiger partial charge is 0.480 e. The number of likely N-dealkylation sites (tertiary alicyclic amines) is 1. The highest BCUT2D eigenvalue weighted by Crippen LogP contribution is 2.35. The molecule has 0 radical (unpaired) electrons. The Kier molecular flexibility index (Phi) is 4.64. The number of rotatable bonds is 4. The molecule has 1 aromatic heterocycles. The second-order valence-corrected chi connectivity index (χ2v) is 6.33. The van der Waals surface area contributed by atoms with E-state index in [0.29, 0.717) is 11.4 Å². The van der Waals surface area contributed by atoms with Gasteiger partial charge in [0.1, 0.15) is 6.04 Å². The highest BCUT2D eigenvalue weighted by atomic mass is 35.5. The summed E-state index contributed by atoms with van der Waals surface area (Å²) in [4.78, 5) is 18.3. The number of aryl methyl sites for hydroxylation is 1. The summed E-state index contributed by atoms with van der Waals surface area (Å²) in [6.45, 7) is 2.68. The van der Waals surface area contributed by atoms with E-state index < -0.39 is 12.0 Å². The van der Waals surface area contributed by atoms with Crippen molar-refractivity contribution < 1.29 is 9.90 Å². The van der Waals surface area contributed by atoms with Crippen LogP contribution < -0.4 is 0 Å². The van der Waals surface area contributed by atoms with Crippen LogP contribution in [-0.2, 0) is 4.79 Å². The Morgan fingerprint density at radius 1 is 1.35 bits per heavy atom. The molecule has 1 fully saturated rings. The van der Waals surface area contributed by atoms with Crippen molar-refractivity contribution in [2.75, 3.05) is 6.54 Å². The van der Waals surface area contributed by atoms with Crippen LogP contribution in [0.3, 0.4) is 0 Å². The summed E-state index contributed by atoms with van der Waals surface area (Å²) in [5.74, 6) is -0.776. The molecule has 2 aromatic rings. The lowest BCUT2D eigenvalue weighted by Crippen LogP contribution is -2.39. The number of hydrogen-bond donors (Lipinski definition) is 1. The van der Waals surface area contributed by atoms with E-state index >= 15 is 0 Å². The van der Waals surface area contributed by atoms with Crippen LogP contribution >= 0.6 is 11.6 Å². The molecule has 1 aromatic carbocycles. The number of aromatic nitrogens is 1. The SMILES string of the molecule is Cc1cccc(C(c2cccc(Cl)c2)N2CCCC2C(=O)O)n1. The standard InChI is InChI=1S/C18H19ClN2O2/c1-12-5-2-8-15(20-12)17(13-6-3-7-14(19)11-13)21-10-4-9-16(21)18(22)23/h2-3,5-8,11,16-17H,4,9-10H2,1H3,(H,22,23). The van der Waals surface area contributed by atoms with E-state index in [1.165, 1.54) is 0 Å². The molecule has 2 unspecified atom stereocenters. The summed E-state index contributed by atoms with van der Waals surface area (Å²) in [7, 11) is 0. The number of hydrogen-bond acceptors (Lipinski definition) is 3. The van der Waals surface area contributed by atoms with Crippen LogP contribution in [0.15, 0.2) is 42.5 Å². The van der Waals surface area contributed by atoms with Crippen LogP contribution in [-0.4, -0.2) is 33.5 Å². The first kappa shape index (κ1) is 16.0. The third kappa shape index (κ3) is 3.38. The Morgan fingerprint density at radius 2 is 2.13 bits per heavy atom. The number of halogens is 1. The van der Waals surface area contributed by atoms with Crippen molar-refractivity contribution in [3.8, 4) is 0 Å².